The number of thiazole rings is 1. The number of ether oxygens (including phenoxy) is 1. The van der Waals surface area contributed by atoms with Gasteiger partial charge in [0, 0.05) is 47.9 Å². The summed E-state index contributed by atoms with van der Waals surface area (Å²) in [6, 6.07) is 3.33. The summed E-state index contributed by atoms with van der Waals surface area (Å²) in [5, 5.41) is 1.95. The molecule has 8 heteroatoms. The number of hydrogen-bond donors (Lipinski definition) is 0. The van der Waals surface area contributed by atoms with Crippen molar-refractivity contribution in [3.8, 4) is 17.4 Å². The van der Waals surface area contributed by atoms with Gasteiger partial charge in [0.1, 0.15) is 5.69 Å². The van der Waals surface area contributed by atoms with Gasteiger partial charge in [-0.1, -0.05) is 0 Å². The molecule has 1 unspecified atom stereocenters. The predicted molar refractivity (Wildman–Crippen MR) is 105 cm³/mol. The van der Waals surface area contributed by atoms with Crippen LogP contribution in [0.15, 0.2) is 29.2 Å². The third kappa shape index (κ3) is 3.44. The highest BCUT2D eigenvalue weighted by atomic mass is 32.1. The number of anilines is 1. The van der Waals surface area contributed by atoms with Crippen LogP contribution in [0.5, 0.6) is 5.88 Å². The lowest BCUT2D eigenvalue weighted by Crippen LogP contribution is -2.35. The second kappa shape index (κ2) is 7.09. The van der Waals surface area contributed by atoms with E-state index in [1.54, 1.807) is 5.51 Å². The fraction of sp³-hybridized carbons (Fsp3) is 0.400. The van der Waals surface area contributed by atoms with Crippen LogP contribution in [-0.2, 0) is 6.42 Å². The zero-order chi connectivity index (χ0) is 19.1. The van der Waals surface area contributed by atoms with Crippen molar-refractivity contribution in [3.63, 3.8) is 0 Å². The van der Waals surface area contributed by atoms with Gasteiger partial charge in [-0.15, -0.1) is 11.3 Å². The molecule has 6 nitrogen and oxygen atoms in total. The van der Waals surface area contributed by atoms with Crippen LogP contribution in [-0.4, -0.2) is 33.1 Å². The van der Waals surface area contributed by atoms with Crippen LogP contribution < -0.4 is 9.64 Å². The number of nitrogens with zero attached hydrogens (tertiary/aromatic N) is 5. The molecular weight excluding hydrogens is 377 g/mol. The van der Waals surface area contributed by atoms with Gasteiger partial charge in [-0.25, -0.2) is 15.0 Å². The van der Waals surface area contributed by atoms with Gasteiger partial charge in [0.2, 0.25) is 11.8 Å². The van der Waals surface area contributed by atoms with Crippen LogP contribution in [0.4, 0.5) is 10.1 Å². The quantitative estimate of drug-likeness (QED) is 0.606. The van der Waals surface area contributed by atoms with E-state index in [1.807, 2.05) is 17.6 Å². The first-order valence-corrected chi connectivity index (χ1v) is 10.4. The molecule has 1 aliphatic heterocycles. The van der Waals surface area contributed by atoms with E-state index in [9.17, 15) is 4.39 Å². The van der Waals surface area contributed by atoms with Crippen molar-refractivity contribution in [1.29, 1.82) is 0 Å². The first-order valence-electron chi connectivity index (χ1n) is 9.49. The van der Waals surface area contributed by atoms with Gasteiger partial charge in [-0.05, 0) is 25.7 Å². The van der Waals surface area contributed by atoms with Crippen LogP contribution in [0.3, 0.4) is 0 Å². The molecular formula is C20H20FN5OS. The Morgan fingerprint density at radius 2 is 2.14 bits per heavy atom. The van der Waals surface area contributed by atoms with Crippen LogP contribution in [0.2, 0.25) is 0 Å². The third-order valence-electron chi connectivity index (χ3n) is 5.32. The van der Waals surface area contributed by atoms with E-state index in [4.69, 9.17) is 9.72 Å². The lowest BCUT2D eigenvalue weighted by molar-refractivity contribution is 0.284. The number of halogens is 1. The molecule has 4 heterocycles. The topological polar surface area (TPSA) is 64.0 Å². The maximum atomic E-state index is 14.1. The van der Waals surface area contributed by atoms with E-state index in [1.165, 1.54) is 30.2 Å². The Labute approximate surface area is 166 Å². The SMILES string of the molecule is CC1c2cnc(-c3cscn3)nc2CCN1c1cc(F)nc(OCC2CC2)c1. The number of rotatable bonds is 5. The summed E-state index contributed by atoms with van der Waals surface area (Å²) in [5.74, 6) is 1.09. The molecule has 1 atom stereocenters. The first kappa shape index (κ1) is 17.5. The molecule has 0 amide bonds. The average molecular weight is 397 g/mol. The summed E-state index contributed by atoms with van der Waals surface area (Å²) in [6.07, 6.45) is 5.01. The molecule has 1 fully saturated rings. The van der Waals surface area contributed by atoms with Crippen LogP contribution in [0, 0.1) is 11.9 Å². The molecule has 0 spiro atoms. The maximum absolute atomic E-state index is 14.1. The van der Waals surface area contributed by atoms with Crippen molar-refractivity contribution < 1.29 is 9.13 Å². The summed E-state index contributed by atoms with van der Waals surface area (Å²) >= 11 is 1.53. The molecule has 1 saturated carbocycles. The largest absolute Gasteiger partial charge is 0.477 e. The van der Waals surface area contributed by atoms with Crippen LogP contribution in [0.1, 0.15) is 37.1 Å². The summed E-state index contributed by atoms with van der Waals surface area (Å²) in [4.78, 5) is 19.6. The van der Waals surface area contributed by atoms with Crippen molar-refractivity contribution >= 4 is 17.0 Å². The maximum Gasteiger partial charge on any atom is 0.218 e. The molecule has 28 heavy (non-hydrogen) atoms. The van der Waals surface area contributed by atoms with Crippen molar-refractivity contribution in [2.45, 2.75) is 32.2 Å². The molecule has 144 valence electrons. The summed E-state index contributed by atoms with van der Waals surface area (Å²) in [6.45, 7) is 3.45. The van der Waals surface area contributed by atoms with Gasteiger partial charge < -0.3 is 9.64 Å². The normalized spacial score (nSPS) is 18.8. The van der Waals surface area contributed by atoms with Gasteiger partial charge in [-0.2, -0.15) is 9.37 Å². The molecule has 3 aromatic rings. The summed E-state index contributed by atoms with van der Waals surface area (Å²) in [5.41, 5.74) is 5.45. The fourth-order valence-corrected chi connectivity index (χ4v) is 4.08. The van der Waals surface area contributed by atoms with Gasteiger partial charge in [0.05, 0.1) is 23.9 Å². The zero-order valence-electron chi connectivity index (χ0n) is 15.5. The van der Waals surface area contributed by atoms with E-state index in [-0.39, 0.29) is 6.04 Å². The van der Waals surface area contributed by atoms with Crippen molar-refractivity contribution in [2.24, 2.45) is 5.92 Å². The Morgan fingerprint density at radius 1 is 1.25 bits per heavy atom. The molecule has 0 aromatic carbocycles. The van der Waals surface area contributed by atoms with Gasteiger partial charge >= 0.3 is 0 Å². The minimum absolute atomic E-state index is 0.0336. The number of hydrogen-bond acceptors (Lipinski definition) is 7. The smallest absolute Gasteiger partial charge is 0.218 e. The monoisotopic (exact) mass is 397 g/mol. The molecule has 5 rings (SSSR count). The number of aromatic nitrogens is 4. The zero-order valence-corrected chi connectivity index (χ0v) is 16.3. The van der Waals surface area contributed by atoms with Crippen LogP contribution in [0.25, 0.3) is 11.5 Å². The fourth-order valence-electron chi connectivity index (χ4n) is 3.55. The molecule has 3 aromatic heterocycles. The standard InChI is InChI=1S/C20H20FN5OS/c1-12-15-8-22-20(17-10-28-11-23-17)24-16(15)4-5-26(12)14-6-18(21)25-19(7-14)27-9-13-2-3-13/h6-8,10-13H,2-5,9H2,1H3. The highest BCUT2D eigenvalue weighted by Gasteiger charge is 2.27. The molecule has 0 saturated heterocycles. The summed E-state index contributed by atoms with van der Waals surface area (Å²) in [7, 11) is 0. The van der Waals surface area contributed by atoms with Gasteiger partial charge in [0.15, 0.2) is 5.82 Å². The molecule has 0 bridgehead atoms. The Bertz CT molecular complexity index is 992. The van der Waals surface area contributed by atoms with Crippen LogP contribution >= 0.6 is 11.3 Å². The lowest BCUT2D eigenvalue weighted by atomic mass is 9.99. The van der Waals surface area contributed by atoms with Gasteiger partial charge in [-0.3, -0.25) is 0 Å². The van der Waals surface area contributed by atoms with Crippen molar-refractivity contribution in [2.75, 3.05) is 18.1 Å². The molecule has 2 aliphatic rings. The predicted octanol–water partition coefficient (Wildman–Crippen LogP) is 4.05. The van der Waals surface area contributed by atoms with E-state index in [0.717, 1.165) is 35.6 Å². The third-order valence-corrected chi connectivity index (χ3v) is 5.91. The average Bonchev–Trinajstić information content (AvgIpc) is 3.37. The molecule has 0 radical (unpaired) electrons. The highest BCUT2D eigenvalue weighted by Crippen LogP contribution is 2.35. The highest BCUT2D eigenvalue weighted by molar-refractivity contribution is 7.07. The minimum Gasteiger partial charge on any atom is -0.477 e. The first-order chi connectivity index (χ1) is 13.7. The van der Waals surface area contributed by atoms with E-state index in [2.05, 4.69) is 26.8 Å². The Morgan fingerprint density at radius 3 is 2.93 bits per heavy atom. The van der Waals surface area contributed by atoms with Crippen molar-refractivity contribution in [3.05, 3.63) is 46.4 Å². The van der Waals surface area contributed by atoms with E-state index >= 15 is 0 Å². The second-order valence-corrected chi connectivity index (χ2v) is 8.05. The second-order valence-electron chi connectivity index (χ2n) is 7.33. The van der Waals surface area contributed by atoms with E-state index < -0.39 is 5.95 Å². The van der Waals surface area contributed by atoms with E-state index in [0.29, 0.717) is 24.2 Å². The lowest BCUT2D eigenvalue weighted by Gasteiger charge is -2.36. The van der Waals surface area contributed by atoms with Gasteiger partial charge in [0.25, 0.3) is 0 Å². The molecule has 1 aliphatic carbocycles. The molecule has 0 N–H and O–H groups in total. The summed E-state index contributed by atoms with van der Waals surface area (Å²) < 4.78 is 19.8. The Balaban J connectivity index is 1.40. The Kier molecular flexibility index (Phi) is 4.43. The number of pyridine rings is 1. The Hall–Kier alpha value is -2.61. The number of fused-ring (bicyclic) bond motifs is 1. The van der Waals surface area contributed by atoms with Crippen molar-refractivity contribution in [1.82, 2.24) is 19.9 Å². The minimum atomic E-state index is -0.517.